The number of carbonyl (C=O) groups excluding carboxylic acids is 2. The lowest BCUT2D eigenvalue weighted by molar-refractivity contribution is -0.124. The highest BCUT2D eigenvalue weighted by atomic mass is 19.1. The molecule has 3 rings (SSSR count). The van der Waals surface area contributed by atoms with Gasteiger partial charge in [-0.25, -0.2) is 4.39 Å². The molecule has 0 bridgehead atoms. The molecule has 1 aliphatic rings. The van der Waals surface area contributed by atoms with Crippen LogP contribution in [0.4, 0.5) is 10.1 Å². The molecule has 2 aromatic carbocycles. The van der Waals surface area contributed by atoms with E-state index in [1.54, 1.807) is 30.3 Å². The van der Waals surface area contributed by atoms with E-state index >= 15 is 0 Å². The van der Waals surface area contributed by atoms with Gasteiger partial charge in [-0.1, -0.05) is 12.1 Å². The van der Waals surface area contributed by atoms with E-state index in [2.05, 4.69) is 10.6 Å². The van der Waals surface area contributed by atoms with Gasteiger partial charge in [0.05, 0.1) is 6.54 Å². The number of hydrogen-bond donors (Lipinski definition) is 2. The average Bonchev–Trinajstić information content (AvgIpc) is 3.13. The van der Waals surface area contributed by atoms with Crippen LogP contribution in [0.5, 0.6) is 11.5 Å². The molecule has 1 aliphatic heterocycles. The van der Waals surface area contributed by atoms with Gasteiger partial charge in [-0.3, -0.25) is 9.59 Å². The summed E-state index contributed by atoms with van der Waals surface area (Å²) in [5.74, 6) is 0.487. The Kier molecular flexibility index (Phi) is 6.25. The van der Waals surface area contributed by atoms with Gasteiger partial charge in [-0.2, -0.15) is 0 Å². The third kappa shape index (κ3) is 5.70. The third-order valence-electron chi connectivity index (χ3n) is 4.13. The quantitative estimate of drug-likeness (QED) is 0.699. The maximum absolute atomic E-state index is 12.8. The van der Waals surface area contributed by atoms with Crippen LogP contribution in [0.1, 0.15) is 24.8 Å². The van der Waals surface area contributed by atoms with Gasteiger partial charge in [0.2, 0.25) is 18.6 Å². The molecule has 0 aromatic heterocycles. The number of halogens is 1. The van der Waals surface area contributed by atoms with Crippen molar-refractivity contribution in [1.82, 2.24) is 5.32 Å². The molecule has 6 nitrogen and oxygen atoms in total. The zero-order valence-corrected chi connectivity index (χ0v) is 14.8. The van der Waals surface area contributed by atoms with Gasteiger partial charge in [-0.15, -0.1) is 0 Å². The first-order valence-corrected chi connectivity index (χ1v) is 8.81. The van der Waals surface area contributed by atoms with E-state index in [1.165, 1.54) is 12.1 Å². The van der Waals surface area contributed by atoms with Gasteiger partial charge in [0.15, 0.2) is 11.5 Å². The van der Waals surface area contributed by atoms with Crippen LogP contribution in [-0.2, 0) is 16.0 Å². The molecule has 0 fully saturated rings. The molecule has 0 atom stereocenters. The molecular weight excluding hydrogens is 351 g/mol. The van der Waals surface area contributed by atoms with Crippen LogP contribution in [-0.4, -0.2) is 25.2 Å². The topological polar surface area (TPSA) is 76.7 Å². The highest BCUT2D eigenvalue weighted by molar-refractivity contribution is 5.94. The number of rotatable bonds is 8. The molecule has 0 aliphatic carbocycles. The predicted octanol–water partition coefficient (Wildman–Crippen LogP) is 3.02. The van der Waals surface area contributed by atoms with Gasteiger partial charge in [0, 0.05) is 18.2 Å². The Bertz CT molecular complexity index is 808. The van der Waals surface area contributed by atoms with Crippen LogP contribution < -0.4 is 20.1 Å². The number of carbonyl (C=O) groups is 2. The first-order valence-electron chi connectivity index (χ1n) is 8.81. The van der Waals surface area contributed by atoms with Gasteiger partial charge >= 0.3 is 0 Å². The summed E-state index contributed by atoms with van der Waals surface area (Å²) in [6.45, 7) is 0.0786. The molecule has 142 valence electrons. The molecule has 0 saturated heterocycles. The van der Waals surface area contributed by atoms with Crippen molar-refractivity contribution in [1.29, 1.82) is 0 Å². The van der Waals surface area contributed by atoms with Crippen molar-refractivity contribution in [3.63, 3.8) is 0 Å². The first kappa shape index (κ1) is 18.7. The second-order valence-electron chi connectivity index (χ2n) is 6.23. The molecule has 2 amide bonds. The van der Waals surface area contributed by atoms with Crippen LogP contribution in [0.2, 0.25) is 0 Å². The van der Waals surface area contributed by atoms with Crippen molar-refractivity contribution >= 4 is 17.5 Å². The molecule has 0 spiro atoms. The summed E-state index contributed by atoms with van der Waals surface area (Å²) < 4.78 is 23.3. The van der Waals surface area contributed by atoms with Crippen LogP contribution in [0.3, 0.4) is 0 Å². The minimum absolute atomic E-state index is 0.0920. The number of anilines is 1. The highest BCUT2D eigenvalue weighted by Crippen LogP contribution is 2.34. The summed E-state index contributed by atoms with van der Waals surface area (Å²) in [5, 5.41) is 5.31. The smallest absolute Gasteiger partial charge is 0.243 e. The van der Waals surface area contributed by atoms with E-state index in [9.17, 15) is 14.0 Å². The van der Waals surface area contributed by atoms with Crippen LogP contribution in [0.15, 0.2) is 42.5 Å². The first-order chi connectivity index (χ1) is 13.1. The molecular formula is C20H21FN2O4. The van der Waals surface area contributed by atoms with E-state index in [-0.39, 0.29) is 31.0 Å². The summed E-state index contributed by atoms with van der Waals surface area (Å²) in [7, 11) is 0. The number of amides is 2. The summed E-state index contributed by atoms with van der Waals surface area (Å²) in [6.07, 6.45) is 2.66. The lowest BCUT2D eigenvalue weighted by Gasteiger charge is -2.08. The molecule has 0 unspecified atom stereocenters. The number of aryl methyl sites for hydroxylation is 1. The van der Waals surface area contributed by atoms with Gasteiger partial charge in [0.25, 0.3) is 0 Å². The molecule has 2 aromatic rings. The summed E-state index contributed by atoms with van der Waals surface area (Å²) >= 11 is 0. The van der Waals surface area contributed by atoms with Gasteiger partial charge in [-0.05, 0) is 49.1 Å². The Labute approximate surface area is 156 Å². The number of nitrogens with one attached hydrogen (secondary N) is 2. The summed E-state index contributed by atoms with van der Waals surface area (Å²) in [5.41, 5.74) is 1.62. The fraction of sp³-hybridized carbons (Fsp3) is 0.300. The number of ether oxygens (including phenoxy) is 2. The Balaban J connectivity index is 1.31. The minimum Gasteiger partial charge on any atom is -0.454 e. The molecule has 0 saturated carbocycles. The lowest BCUT2D eigenvalue weighted by atomic mass is 10.1. The fourth-order valence-corrected chi connectivity index (χ4v) is 2.71. The number of hydrogen-bond acceptors (Lipinski definition) is 4. The molecule has 27 heavy (non-hydrogen) atoms. The number of fused-ring (bicyclic) bond motifs is 1. The maximum Gasteiger partial charge on any atom is 0.243 e. The van der Waals surface area contributed by atoms with E-state index in [4.69, 9.17) is 9.47 Å². The molecule has 1 heterocycles. The van der Waals surface area contributed by atoms with E-state index in [0.29, 0.717) is 30.0 Å². The van der Waals surface area contributed by atoms with Crippen molar-refractivity contribution < 1.29 is 23.5 Å². The standard InChI is InChI=1S/C20H21FN2O4/c21-15-7-5-14(6-8-15)3-1-2-4-19(24)22-12-20(25)23-16-9-10-17-18(11-16)27-13-26-17/h5-11H,1-4,12-13H2,(H,22,24)(H,23,25). The van der Waals surface area contributed by atoms with E-state index < -0.39 is 0 Å². The van der Waals surface area contributed by atoms with Crippen molar-refractivity contribution in [2.75, 3.05) is 18.7 Å². The second-order valence-corrected chi connectivity index (χ2v) is 6.23. The predicted molar refractivity (Wildman–Crippen MR) is 98.2 cm³/mol. The van der Waals surface area contributed by atoms with Crippen molar-refractivity contribution in [3.05, 3.63) is 53.8 Å². The fourth-order valence-electron chi connectivity index (χ4n) is 2.71. The third-order valence-corrected chi connectivity index (χ3v) is 4.13. The Morgan fingerprint density at radius 2 is 1.74 bits per heavy atom. The number of benzene rings is 2. The van der Waals surface area contributed by atoms with E-state index in [0.717, 1.165) is 18.4 Å². The van der Waals surface area contributed by atoms with Crippen LogP contribution >= 0.6 is 0 Å². The van der Waals surface area contributed by atoms with Crippen molar-refractivity contribution in [2.24, 2.45) is 0 Å². The zero-order chi connectivity index (χ0) is 19.1. The maximum atomic E-state index is 12.8. The Morgan fingerprint density at radius 1 is 0.963 bits per heavy atom. The largest absolute Gasteiger partial charge is 0.454 e. The summed E-state index contributed by atoms with van der Waals surface area (Å²) in [4.78, 5) is 23.8. The monoisotopic (exact) mass is 372 g/mol. The SMILES string of the molecule is O=C(CCCCc1ccc(F)cc1)NCC(=O)Nc1ccc2c(c1)OCO2. The summed E-state index contributed by atoms with van der Waals surface area (Å²) in [6, 6.07) is 11.5. The van der Waals surface area contributed by atoms with E-state index in [1.807, 2.05) is 0 Å². The lowest BCUT2D eigenvalue weighted by Crippen LogP contribution is -2.32. The van der Waals surface area contributed by atoms with Crippen LogP contribution in [0, 0.1) is 5.82 Å². The highest BCUT2D eigenvalue weighted by Gasteiger charge is 2.14. The van der Waals surface area contributed by atoms with Gasteiger partial charge < -0.3 is 20.1 Å². The van der Waals surface area contributed by atoms with Crippen molar-refractivity contribution in [2.45, 2.75) is 25.7 Å². The molecule has 0 radical (unpaired) electrons. The Hall–Kier alpha value is -3.09. The van der Waals surface area contributed by atoms with Crippen LogP contribution in [0.25, 0.3) is 0 Å². The molecule has 7 heteroatoms. The minimum atomic E-state index is -0.312. The average molecular weight is 372 g/mol. The van der Waals surface area contributed by atoms with Crippen molar-refractivity contribution in [3.8, 4) is 11.5 Å². The number of unbranched alkanes of at least 4 members (excludes halogenated alkanes) is 1. The Morgan fingerprint density at radius 3 is 2.56 bits per heavy atom. The van der Waals surface area contributed by atoms with Gasteiger partial charge in [0.1, 0.15) is 5.82 Å². The second kappa shape index (κ2) is 9.02. The molecule has 2 N–H and O–H groups in total. The zero-order valence-electron chi connectivity index (χ0n) is 14.8. The normalized spacial score (nSPS) is 11.9.